The molecule has 6 heteroatoms. The summed E-state index contributed by atoms with van der Waals surface area (Å²) in [6.45, 7) is 6.01. The lowest BCUT2D eigenvalue weighted by Crippen LogP contribution is -2.63. The van der Waals surface area contributed by atoms with Gasteiger partial charge in [0.25, 0.3) is 0 Å². The Kier molecular flexibility index (Phi) is 4.80. The minimum Gasteiger partial charge on any atom is -0.329 e. The van der Waals surface area contributed by atoms with Crippen LogP contribution in [0.5, 0.6) is 0 Å². The number of rotatable bonds is 3. The van der Waals surface area contributed by atoms with Crippen molar-refractivity contribution < 1.29 is 8.42 Å². The van der Waals surface area contributed by atoms with E-state index in [9.17, 15) is 8.42 Å². The molecule has 20 heavy (non-hydrogen) atoms. The van der Waals surface area contributed by atoms with Gasteiger partial charge in [0.05, 0.1) is 0 Å². The van der Waals surface area contributed by atoms with E-state index >= 15 is 0 Å². The van der Waals surface area contributed by atoms with Gasteiger partial charge in [-0.1, -0.05) is 13.8 Å². The summed E-state index contributed by atoms with van der Waals surface area (Å²) in [5.74, 6) is 1.70. The zero-order valence-electron chi connectivity index (χ0n) is 12.9. The highest BCUT2D eigenvalue weighted by Gasteiger charge is 2.47. The molecule has 0 spiro atoms. The minimum absolute atomic E-state index is 0.107. The maximum atomic E-state index is 12.1. The maximum absolute atomic E-state index is 12.1. The average Bonchev–Trinajstić information content (AvgIpc) is 2.39. The van der Waals surface area contributed by atoms with Crippen LogP contribution in [0.2, 0.25) is 0 Å². The smallest absolute Gasteiger partial charge is 0.164 e. The van der Waals surface area contributed by atoms with E-state index in [1.54, 1.807) is 11.8 Å². The highest BCUT2D eigenvalue weighted by Crippen LogP contribution is 2.44. The molecule has 1 aliphatic heterocycles. The number of hydrogen-bond donors (Lipinski definition) is 1. The number of sulfone groups is 1. The summed E-state index contributed by atoms with van der Waals surface area (Å²) in [7, 11) is -3.05. The van der Waals surface area contributed by atoms with Crippen LogP contribution in [-0.4, -0.2) is 55.1 Å². The molecule has 1 atom stereocenters. The second kappa shape index (κ2) is 5.78. The molecule has 2 rings (SSSR count). The highest BCUT2D eigenvalue weighted by atomic mass is 32.2. The summed E-state index contributed by atoms with van der Waals surface area (Å²) in [5.41, 5.74) is 6.38. The van der Waals surface area contributed by atoms with E-state index in [0.717, 1.165) is 38.0 Å². The lowest BCUT2D eigenvalue weighted by atomic mass is 9.68. The van der Waals surface area contributed by atoms with Gasteiger partial charge in [-0.3, -0.25) is 4.90 Å². The summed E-state index contributed by atoms with van der Waals surface area (Å²) in [6, 6.07) is 0. The van der Waals surface area contributed by atoms with Crippen molar-refractivity contribution in [3.8, 4) is 0 Å². The van der Waals surface area contributed by atoms with E-state index < -0.39 is 9.84 Å². The third-order valence-electron chi connectivity index (χ3n) is 5.10. The molecule has 1 saturated carbocycles. The normalized spacial score (nSPS) is 31.1. The first-order valence-electron chi connectivity index (χ1n) is 7.44. The van der Waals surface area contributed by atoms with Crippen molar-refractivity contribution in [2.75, 3.05) is 30.9 Å². The fourth-order valence-electron chi connectivity index (χ4n) is 3.48. The van der Waals surface area contributed by atoms with E-state index in [1.807, 2.05) is 0 Å². The van der Waals surface area contributed by atoms with Crippen molar-refractivity contribution in [2.24, 2.45) is 11.1 Å². The van der Waals surface area contributed by atoms with Gasteiger partial charge >= 0.3 is 0 Å². The van der Waals surface area contributed by atoms with Crippen molar-refractivity contribution in [1.29, 1.82) is 0 Å². The van der Waals surface area contributed by atoms with Crippen LogP contribution < -0.4 is 5.73 Å². The fraction of sp³-hybridized carbons (Fsp3) is 1.00. The number of nitrogens with zero attached hydrogens (tertiary/aromatic N) is 1. The molecule has 2 fully saturated rings. The first kappa shape index (κ1) is 16.6. The van der Waals surface area contributed by atoms with Crippen LogP contribution in [0.25, 0.3) is 0 Å². The van der Waals surface area contributed by atoms with Crippen LogP contribution in [0.3, 0.4) is 0 Å². The number of nitrogens with two attached hydrogens (primary N) is 1. The first-order valence-corrected chi connectivity index (χ1v) is 10.5. The Balaban J connectivity index is 2.25. The average molecular weight is 321 g/mol. The zero-order chi connectivity index (χ0) is 15.0. The van der Waals surface area contributed by atoms with Gasteiger partial charge in [-0.05, 0) is 31.1 Å². The SMILES string of the molecule is CC1(C)CCC(CN)(N2CCSCC2S(C)(=O)=O)CC1. The molecular weight excluding hydrogens is 292 g/mol. The second-order valence-corrected chi connectivity index (χ2v) is 10.5. The predicted molar refractivity (Wildman–Crippen MR) is 86.7 cm³/mol. The Bertz CT molecular complexity index is 438. The molecule has 1 heterocycles. The molecule has 1 unspecified atom stereocenters. The molecule has 2 aliphatic rings. The van der Waals surface area contributed by atoms with Crippen LogP contribution in [0.1, 0.15) is 39.5 Å². The lowest BCUT2D eigenvalue weighted by molar-refractivity contribution is 0.0199. The molecule has 0 aromatic heterocycles. The Morgan fingerprint density at radius 2 is 1.85 bits per heavy atom. The molecule has 1 aliphatic carbocycles. The second-order valence-electron chi connectivity index (χ2n) is 7.15. The van der Waals surface area contributed by atoms with E-state index in [-0.39, 0.29) is 10.9 Å². The molecular formula is C14H28N2O2S2. The number of thioether (sulfide) groups is 1. The largest absolute Gasteiger partial charge is 0.329 e. The Morgan fingerprint density at radius 1 is 1.25 bits per heavy atom. The number of hydrogen-bond acceptors (Lipinski definition) is 5. The Labute approximate surface area is 127 Å². The van der Waals surface area contributed by atoms with Gasteiger partial charge in [0.1, 0.15) is 5.37 Å². The van der Waals surface area contributed by atoms with E-state index in [0.29, 0.717) is 17.7 Å². The summed E-state index contributed by atoms with van der Waals surface area (Å²) < 4.78 is 24.3. The monoisotopic (exact) mass is 320 g/mol. The fourth-order valence-corrected chi connectivity index (χ4v) is 6.42. The Hall–Kier alpha value is 0.220. The van der Waals surface area contributed by atoms with Gasteiger partial charge in [0.15, 0.2) is 9.84 Å². The molecule has 0 amide bonds. The predicted octanol–water partition coefficient (Wildman–Crippen LogP) is 1.70. The Morgan fingerprint density at radius 3 is 2.35 bits per heavy atom. The van der Waals surface area contributed by atoms with Gasteiger partial charge in [0.2, 0.25) is 0 Å². The molecule has 4 nitrogen and oxygen atoms in total. The lowest BCUT2D eigenvalue weighted by Gasteiger charge is -2.53. The van der Waals surface area contributed by atoms with Crippen LogP contribution in [0.4, 0.5) is 0 Å². The third kappa shape index (κ3) is 3.34. The van der Waals surface area contributed by atoms with Crippen LogP contribution in [0, 0.1) is 5.41 Å². The topological polar surface area (TPSA) is 63.4 Å². The third-order valence-corrected chi connectivity index (χ3v) is 7.75. The highest BCUT2D eigenvalue weighted by molar-refractivity contribution is 8.00. The summed E-state index contributed by atoms with van der Waals surface area (Å²) in [5, 5.41) is -0.356. The molecule has 0 bridgehead atoms. The first-order chi connectivity index (χ1) is 9.20. The molecule has 0 aromatic rings. The molecule has 2 N–H and O–H groups in total. The molecule has 1 saturated heterocycles. The minimum atomic E-state index is -3.05. The van der Waals surface area contributed by atoms with Crippen molar-refractivity contribution in [1.82, 2.24) is 4.90 Å². The quantitative estimate of drug-likeness (QED) is 0.857. The van der Waals surface area contributed by atoms with Crippen molar-refractivity contribution >= 4 is 21.6 Å². The van der Waals surface area contributed by atoms with E-state index in [2.05, 4.69) is 18.7 Å². The van der Waals surface area contributed by atoms with Gasteiger partial charge < -0.3 is 5.73 Å². The summed E-state index contributed by atoms with van der Waals surface area (Å²) in [4.78, 5) is 2.23. The van der Waals surface area contributed by atoms with Crippen LogP contribution in [-0.2, 0) is 9.84 Å². The van der Waals surface area contributed by atoms with Gasteiger partial charge in [0, 0.05) is 36.4 Å². The van der Waals surface area contributed by atoms with Crippen molar-refractivity contribution in [2.45, 2.75) is 50.4 Å². The van der Waals surface area contributed by atoms with Gasteiger partial charge in [-0.25, -0.2) is 8.42 Å². The van der Waals surface area contributed by atoms with Gasteiger partial charge in [-0.2, -0.15) is 11.8 Å². The van der Waals surface area contributed by atoms with E-state index in [4.69, 9.17) is 5.73 Å². The summed E-state index contributed by atoms with van der Waals surface area (Å²) >= 11 is 1.74. The van der Waals surface area contributed by atoms with Crippen LogP contribution in [0.15, 0.2) is 0 Å². The van der Waals surface area contributed by atoms with Crippen LogP contribution >= 0.6 is 11.8 Å². The molecule has 0 radical (unpaired) electrons. The molecule has 118 valence electrons. The van der Waals surface area contributed by atoms with Crippen molar-refractivity contribution in [3.05, 3.63) is 0 Å². The van der Waals surface area contributed by atoms with E-state index in [1.165, 1.54) is 6.26 Å². The van der Waals surface area contributed by atoms with Gasteiger partial charge in [-0.15, -0.1) is 0 Å². The summed E-state index contributed by atoms with van der Waals surface area (Å²) in [6.07, 6.45) is 5.67. The molecule has 0 aromatic carbocycles. The zero-order valence-corrected chi connectivity index (χ0v) is 14.5. The maximum Gasteiger partial charge on any atom is 0.164 e. The van der Waals surface area contributed by atoms with Crippen molar-refractivity contribution in [3.63, 3.8) is 0 Å². The standard InChI is InChI=1S/C14H28N2O2S2/c1-13(2)4-6-14(11-15,7-5-13)16-8-9-19-10-12(16)20(3,17)18/h12H,4-11,15H2,1-3H3.